The van der Waals surface area contributed by atoms with Crippen molar-refractivity contribution in [3.63, 3.8) is 0 Å². The molecule has 10 heteroatoms. The van der Waals surface area contributed by atoms with Gasteiger partial charge in [-0.3, -0.25) is 0 Å². The van der Waals surface area contributed by atoms with Crippen LogP contribution in [-0.4, -0.2) is 33.4 Å². The number of ether oxygens (including phenoxy) is 1. The van der Waals surface area contributed by atoms with E-state index in [-0.39, 0.29) is 0 Å². The van der Waals surface area contributed by atoms with Gasteiger partial charge in [-0.05, 0) is 12.1 Å². The average Bonchev–Trinajstić information content (AvgIpc) is 2.24. The SMILES string of the molecule is CS(=O)(=O)c1cccc(OCC(F)(F)C(F)(F)F)c1N. The van der Waals surface area contributed by atoms with E-state index in [0.29, 0.717) is 0 Å². The Labute approximate surface area is 111 Å². The van der Waals surface area contributed by atoms with E-state index in [1.54, 1.807) is 0 Å². The highest BCUT2D eigenvalue weighted by Gasteiger charge is 2.58. The van der Waals surface area contributed by atoms with Crippen molar-refractivity contribution in [2.24, 2.45) is 0 Å². The van der Waals surface area contributed by atoms with Crippen LogP contribution in [0.25, 0.3) is 0 Å². The van der Waals surface area contributed by atoms with E-state index in [1.165, 1.54) is 0 Å². The predicted molar refractivity (Wildman–Crippen MR) is 60.5 cm³/mol. The van der Waals surface area contributed by atoms with Gasteiger partial charge in [0, 0.05) is 6.26 Å². The summed E-state index contributed by atoms with van der Waals surface area (Å²) in [4.78, 5) is -0.412. The molecule has 20 heavy (non-hydrogen) atoms. The molecule has 1 aromatic carbocycles. The number of benzene rings is 1. The second-order valence-electron chi connectivity index (χ2n) is 3.93. The summed E-state index contributed by atoms with van der Waals surface area (Å²) in [7, 11) is -3.75. The van der Waals surface area contributed by atoms with E-state index in [1.807, 2.05) is 0 Å². The number of halogens is 5. The Kier molecular flexibility index (Phi) is 4.18. The first-order valence-corrected chi connectivity index (χ1v) is 6.91. The van der Waals surface area contributed by atoms with Gasteiger partial charge in [0.25, 0.3) is 0 Å². The molecule has 1 rings (SSSR count). The summed E-state index contributed by atoms with van der Waals surface area (Å²) in [6.45, 7) is -1.99. The maximum Gasteiger partial charge on any atom is 0.456 e. The van der Waals surface area contributed by atoms with Gasteiger partial charge in [-0.15, -0.1) is 0 Å². The Bertz CT molecular complexity index is 597. The molecule has 0 saturated carbocycles. The minimum Gasteiger partial charge on any atom is -0.485 e. The van der Waals surface area contributed by atoms with Crippen LogP contribution < -0.4 is 10.5 Å². The predicted octanol–water partition coefficient (Wildman–Crippen LogP) is 2.25. The number of nitrogen functional groups attached to an aromatic ring is 1. The number of para-hydroxylation sites is 1. The minimum absolute atomic E-state index is 0.412. The van der Waals surface area contributed by atoms with Crippen LogP contribution in [0, 0.1) is 0 Å². The molecule has 0 atom stereocenters. The van der Waals surface area contributed by atoms with Gasteiger partial charge in [-0.1, -0.05) is 6.07 Å². The third-order valence-electron chi connectivity index (χ3n) is 2.25. The number of hydrogen-bond donors (Lipinski definition) is 1. The number of hydrogen-bond acceptors (Lipinski definition) is 4. The standard InChI is InChI=1S/C10H10F5NO3S/c1-20(17,18)7-4-2-3-6(8(7)16)19-5-9(11,12)10(13,14)15/h2-4H,5,16H2,1H3. The average molecular weight is 319 g/mol. The molecule has 2 N–H and O–H groups in total. The van der Waals surface area contributed by atoms with Gasteiger partial charge in [0.15, 0.2) is 16.4 Å². The van der Waals surface area contributed by atoms with Crippen LogP contribution in [0.15, 0.2) is 23.1 Å². The lowest BCUT2D eigenvalue weighted by Gasteiger charge is -2.20. The van der Waals surface area contributed by atoms with Crippen molar-refractivity contribution in [3.05, 3.63) is 18.2 Å². The van der Waals surface area contributed by atoms with E-state index >= 15 is 0 Å². The molecule has 4 nitrogen and oxygen atoms in total. The number of alkyl halides is 5. The van der Waals surface area contributed by atoms with E-state index in [2.05, 4.69) is 4.74 Å². The molecule has 114 valence electrons. The van der Waals surface area contributed by atoms with E-state index in [9.17, 15) is 30.4 Å². The molecule has 0 aliphatic carbocycles. The second kappa shape index (κ2) is 5.08. The summed E-state index contributed by atoms with van der Waals surface area (Å²) >= 11 is 0. The summed E-state index contributed by atoms with van der Waals surface area (Å²) in [6.07, 6.45) is -4.96. The Morgan fingerprint density at radius 2 is 1.75 bits per heavy atom. The minimum atomic E-state index is -5.77. The Morgan fingerprint density at radius 3 is 2.20 bits per heavy atom. The van der Waals surface area contributed by atoms with Crippen molar-refractivity contribution < 1.29 is 35.1 Å². The van der Waals surface area contributed by atoms with Crippen LogP contribution in [0.5, 0.6) is 5.75 Å². The van der Waals surface area contributed by atoms with Crippen molar-refractivity contribution in [2.45, 2.75) is 17.0 Å². The first-order valence-electron chi connectivity index (χ1n) is 5.02. The van der Waals surface area contributed by atoms with Gasteiger partial charge in [0.1, 0.15) is 5.75 Å². The molecule has 0 radical (unpaired) electrons. The van der Waals surface area contributed by atoms with E-state index in [0.717, 1.165) is 24.5 Å². The normalized spacial score (nSPS) is 13.3. The zero-order chi connectivity index (χ0) is 15.8. The molecule has 0 aliphatic rings. The van der Waals surface area contributed by atoms with Gasteiger partial charge in [-0.25, -0.2) is 8.42 Å². The van der Waals surface area contributed by atoms with Crippen LogP contribution in [0.3, 0.4) is 0 Å². The van der Waals surface area contributed by atoms with Crippen molar-refractivity contribution in [2.75, 3.05) is 18.6 Å². The molecule has 0 aliphatic heterocycles. The highest BCUT2D eigenvalue weighted by molar-refractivity contribution is 7.90. The molecular formula is C10H10F5NO3S. The summed E-state index contributed by atoms with van der Waals surface area (Å²) < 4.78 is 88.1. The molecule has 0 saturated heterocycles. The molecule has 0 bridgehead atoms. The van der Waals surface area contributed by atoms with Gasteiger partial charge < -0.3 is 10.5 Å². The van der Waals surface area contributed by atoms with Crippen LogP contribution in [0.2, 0.25) is 0 Å². The fraction of sp³-hybridized carbons (Fsp3) is 0.400. The molecule has 0 heterocycles. The molecule has 0 spiro atoms. The smallest absolute Gasteiger partial charge is 0.456 e. The first kappa shape index (κ1) is 16.5. The highest BCUT2D eigenvalue weighted by atomic mass is 32.2. The lowest BCUT2D eigenvalue weighted by molar-refractivity contribution is -0.289. The Balaban J connectivity index is 3.02. The largest absolute Gasteiger partial charge is 0.485 e. The molecule has 1 aromatic rings. The van der Waals surface area contributed by atoms with Crippen LogP contribution >= 0.6 is 0 Å². The summed E-state index contributed by atoms with van der Waals surface area (Å²) in [5.74, 6) is -5.63. The van der Waals surface area contributed by atoms with E-state index in [4.69, 9.17) is 5.73 Å². The highest BCUT2D eigenvalue weighted by Crippen LogP contribution is 2.37. The van der Waals surface area contributed by atoms with Crippen molar-refractivity contribution in [1.29, 1.82) is 0 Å². The topological polar surface area (TPSA) is 69.4 Å². The maximum absolute atomic E-state index is 12.7. The van der Waals surface area contributed by atoms with E-state index < -0.39 is 44.9 Å². The lowest BCUT2D eigenvalue weighted by atomic mass is 10.3. The van der Waals surface area contributed by atoms with Gasteiger partial charge in [0.05, 0.1) is 10.6 Å². The zero-order valence-electron chi connectivity index (χ0n) is 10.0. The molecule has 0 unspecified atom stereocenters. The number of sulfone groups is 1. The molecular weight excluding hydrogens is 309 g/mol. The summed E-state index contributed by atoms with van der Waals surface area (Å²) in [6, 6.07) is 3.20. The van der Waals surface area contributed by atoms with Crippen LogP contribution in [-0.2, 0) is 9.84 Å². The second-order valence-corrected chi connectivity index (χ2v) is 5.92. The Morgan fingerprint density at radius 1 is 1.20 bits per heavy atom. The van der Waals surface area contributed by atoms with Crippen molar-refractivity contribution in [3.8, 4) is 5.75 Å². The molecule has 0 aromatic heterocycles. The van der Waals surface area contributed by atoms with Crippen molar-refractivity contribution in [1.82, 2.24) is 0 Å². The summed E-state index contributed by atoms with van der Waals surface area (Å²) in [5.41, 5.74) is 4.86. The monoisotopic (exact) mass is 319 g/mol. The van der Waals surface area contributed by atoms with Gasteiger partial charge >= 0.3 is 12.1 Å². The number of nitrogens with two attached hydrogens (primary N) is 1. The Hall–Kier alpha value is -1.58. The third-order valence-corrected chi connectivity index (χ3v) is 3.40. The number of rotatable bonds is 4. The first-order chi connectivity index (χ1) is 8.86. The third kappa shape index (κ3) is 3.50. The maximum atomic E-state index is 12.7. The fourth-order valence-electron chi connectivity index (χ4n) is 1.22. The van der Waals surface area contributed by atoms with Crippen molar-refractivity contribution >= 4 is 15.5 Å². The lowest BCUT2D eigenvalue weighted by Crippen LogP contribution is -2.41. The number of anilines is 1. The molecule has 0 fully saturated rings. The van der Waals surface area contributed by atoms with Crippen LogP contribution in [0.1, 0.15) is 0 Å². The molecule has 0 amide bonds. The van der Waals surface area contributed by atoms with Gasteiger partial charge in [0.2, 0.25) is 0 Å². The van der Waals surface area contributed by atoms with Gasteiger partial charge in [-0.2, -0.15) is 22.0 Å². The quantitative estimate of drug-likeness (QED) is 0.683. The summed E-state index contributed by atoms with van der Waals surface area (Å²) in [5, 5.41) is 0. The zero-order valence-corrected chi connectivity index (χ0v) is 10.9. The fourth-order valence-corrected chi connectivity index (χ4v) is 2.05. The van der Waals surface area contributed by atoms with Crippen LogP contribution in [0.4, 0.5) is 27.6 Å².